The van der Waals surface area contributed by atoms with Crippen LogP contribution < -0.4 is 5.32 Å². The van der Waals surface area contributed by atoms with Crippen LogP contribution in [0.1, 0.15) is 49.9 Å². The number of hydrogen-bond donors (Lipinski definition) is 1. The summed E-state index contributed by atoms with van der Waals surface area (Å²) in [6, 6.07) is 24.7. The number of carbonyl (C=O) groups excluding carboxylic acids is 1. The lowest BCUT2D eigenvalue weighted by molar-refractivity contribution is 0.00578. The zero-order chi connectivity index (χ0) is 25.3. The number of rotatable bonds is 6. The predicted octanol–water partition coefficient (Wildman–Crippen LogP) is 6.20. The van der Waals surface area contributed by atoms with Gasteiger partial charge in [-0.2, -0.15) is 0 Å². The number of hydrogen-bond acceptors (Lipinski definition) is 4. The van der Waals surface area contributed by atoms with Crippen LogP contribution in [0.4, 0.5) is 4.79 Å². The number of fused-ring (bicyclic) bond motifs is 3. The molecule has 184 valence electrons. The largest absolute Gasteiger partial charge is 0.492 e. The second kappa shape index (κ2) is 9.60. The first-order valence-electron chi connectivity index (χ1n) is 12.4. The van der Waals surface area contributed by atoms with Crippen LogP contribution in [0.15, 0.2) is 78.3 Å². The summed E-state index contributed by atoms with van der Waals surface area (Å²) in [4.78, 5) is 12.5. The number of nitrogens with one attached hydrogen (secondary N) is 1. The lowest BCUT2D eigenvalue weighted by Gasteiger charge is -2.32. The van der Waals surface area contributed by atoms with Gasteiger partial charge in [0.05, 0.1) is 11.2 Å². The van der Waals surface area contributed by atoms with Gasteiger partial charge in [0.15, 0.2) is 0 Å². The maximum atomic E-state index is 12.5. The van der Waals surface area contributed by atoms with Crippen LogP contribution in [-0.4, -0.2) is 31.0 Å². The van der Waals surface area contributed by atoms with Crippen LogP contribution in [-0.2, 0) is 27.1 Å². The SMILES string of the molecule is CC1(C)OB(C(=Cc2ccc3c(c2)Cc2ccccc2-3)CNC(=O)OCc2ccccc2)OC1(C)C. The molecule has 5 rings (SSSR count). The van der Waals surface area contributed by atoms with E-state index < -0.39 is 24.4 Å². The molecule has 2 aliphatic rings. The third kappa shape index (κ3) is 4.97. The zero-order valence-electron chi connectivity index (χ0n) is 21.3. The first-order valence-corrected chi connectivity index (χ1v) is 12.4. The van der Waals surface area contributed by atoms with Gasteiger partial charge >= 0.3 is 13.2 Å². The first-order chi connectivity index (χ1) is 17.2. The summed E-state index contributed by atoms with van der Waals surface area (Å²) >= 11 is 0. The van der Waals surface area contributed by atoms with E-state index in [0.717, 1.165) is 23.0 Å². The van der Waals surface area contributed by atoms with Crippen molar-refractivity contribution in [2.24, 2.45) is 0 Å². The molecule has 1 heterocycles. The molecule has 0 aromatic heterocycles. The highest BCUT2D eigenvalue weighted by Gasteiger charge is 2.52. The Morgan fingerprint density at radius 1 is 0.917 bits per heavy atom. The Kier molecular flexibility index (Phi) is 6.50. The number of amides is 1. The highest BCUT2D eigenvalue weighted by molar-refractivity contribution is 6.56. The molecule has 0 atom stereocenters. The summed E-state index contributed by atoms with van der Waals surface area (Å²) in [5, 5.41) is 2.88. The van der Waals surface area contributed by atoms with Crippen molar-refractivity contribution >= 4 is 19.3 Å². The first kappa shape index (κ1) is 24.4. The van der Waals surface area contributed by atoms with Gasteiger partial charge in [-0.1, -0.05) is 78.9 Å². The summed E-state index contributed by atoms with van der Waals surface area (Å²) in [5.74, 6) is 0. The normalized spacial score (nSPS) is 17.4. The molecule has 0 bridgehead atoms. The van der Waals surface area contributed by atoms with E-state index in [1.807, 2.05) is 58.0 Å². The summed E-state index contributed by atoms with van der Waals surface area (Å²) in [6.07, 6.45) is 2.50. The maximum absolute atomic E-state index is 12.5. The van der Waals surface area contributed by atoms with Crippen molar-refractivity contribution in [1.29, 1.82) is 0 Å². The zero-order valence-corrected chi connectivity index (χ0v) is 21.3. The van der Waals surface area contributed by atoms with Crippen molar-refractivity contribution in [1.82, 2.24) is 5.32 Å². The minimum atomic E-state index is -0.574. The third-order valence-electron chi connectivity index (χ3n) is 7.38. The molecule has 0 radical (unpaired) electrons. The number of benzene rings is 3. The second-order valence-corrected chi connectivity index (χ2v) is 10.5. The maximum Gasteiger partial charge on any atom is 0.492 e. The molecule has 0 spiro atoms. The highest BCUT2D eigenvalue weighted by Crippen LogP contribution is 2.40. The van der Waals surface area contributed by atoms with Crippen LogP contribution in [0.25, 0.3) is 17.2 Å². The molecule has 6 heteroatoms. The van der Waals surface area contributed by atoms with Gasteiger partial charge in [-0.3, -0.25) is 0 Å². The van der Waals surface area contributed by atoms with E-state index in [9.17, 15) is 4.79 Å². The molecule has 1 aliphatic heterocycles. The summed E-state index contributed by atoms with van der Waals surface area (Å²) in [5.41, 5.74) is 7.09. The molecule has 0 saturated carbocycles. The monoisotopic (exact) mass is 481 g/mol. The van der Waals surface area contributed by atoms with Gasteiger partial charge < -0.3 is 19.4 Å². The predicted molar refractivity (Wildman–Crippen MR) is 143 cm³/mol. The summed E-state index contributed by atoms with van der Waals surface area (Å²) < 4.78 is 18.1. The van der Waals surface area contributed by atoms with Gasteiger partial charge in [-0.05, 0) is 73.0 Å². The topological polar surface area (TPSA) is 56.8 Å². The molecule has 0 unspecified atom stereocenters. The average molecular weight is 481 g/mol. The van der Waals surface area contributed by atoms with Crippen molar-refractivity contribution in [3.8, 4) is 11.1 Å². The lowest BCUT2D eigenvalue weighted by atomic mass is 9.77. The van der Waals surface area contributed by atoms with Crippen LogP contribution >= 0.6 is 0 Å². The molecule has 1 fully saturated rings. The fourth-order valence-corrected chi connectivity index (χ4v) is 4.61. The molecule has 1 amide bonds. The van der Waals surface area contributed by atoms with E-state index in [1.165, 1.54) is 22.3 Å². The fraction of sp³-hybridized carbons (Fsp3) is 0.300. The van der Waals surface area contributed by atoms with Crippen LogP contribution in [0.3, 0.4) is 0 Å². The molecule has 1 N–H and O–H groups in total. The molecular weight excluding hydrogens is 449 g/mol. The van der Waals surface area contributed by atoms with Gasteiger partial charge in [0, 0.05) is 6.54 Å². The van der Waals surface area contributed by atoms with Gasteiger partial charge in [-0.25, -0.2) is 4.79 Å². The minimum Gasteiger partial charge on any atom is -0.445 e. The Morgan fingerprint density at radius 2 is 1.58 bits per heavy atom. The lowest BCUT2D eigenvalue weighted by Crippen LogP contribution is -2.41. The van der Waals surface area contributed by atoms with Crippen LogP contribution in [0.5, 0.6) is 0 Å². The molecule has 5 nitrogen and oxygen atoms in total. The van der Waals surface area contributed by atoms with E-state index in [1.54, 1.807) is 0 Å². The highest BCUT2D eigenvalue weighted by atomic mass is 16.7. The van der Waals surface area contributed by atoms with E-state index >= 15 is 0 Å². The quantitative estimate of drug-likeness (QED) is 0.333. The van der Waals surface area contributed by atoms with Crippen molar-refractivity contribution in [2.75, 3.05) is 6.54 Å². The second-order valence-electron chi connectivity index (χ2n) is 10.5. The van der Waals surface area contributed by atoms with Crippen molar-refractivity contribution in [2.45, 2.75) is 51.9 Å². The standard InChI is InChI=1S/C30H32BNO4/c1-29(2)30(3,4)36-31(35-29)25(19-32-28(33)34-20-21-10-6-5-7-11-21)17-22-14-15-27-24(16-22)18-23-12-8-9-13-26(23)27/h5-17H,18-20H2,1-4H3,(H,32,33). The van der Waals surface area contributed by atoms with Crippen LogP contribution in [0.2, 0.25) is 0 Å². The fourth-order valence-electron chi connectivity index (χ4n) is 4.61. The minimum absolute atomic E-state index is 0.216. The van der Waals surface area contributed by atoms with Gasteiger partial charge in [0.25, 0.3) is 0 Å². The van der Waals surface area contributed by atoms with Crippen molar-refractivity contribution < 1.29 is 18.8 Å². The summed E-state index contributed by atoms with van der Waals surface area (Å²) in [6.45, 7) is 8.57. The Morgan fingerprint density at radius 3 is 2.33 bits per heavy atom. The third-order valence-corrected chi connectivity index (χ3v) is 7.38. The van der Waals surface area contributed by atoms with Gasteiger partial charge in [0.2, 0.25) is 0 Å². The Hall–Kier alpha value is -3.35. The van der Waals surface area contributed by atoms with Gasteiger partial charge in [0.1, 0.15) is 6.61 Å². The van der Waals surface area contributed by atoms with E-state index in [0.29, 0.717) is 0 Å². The van der Waals surface area contributed by atoms with Crippen molar-refractivity contribution in [3.05, 3.63) is 101 Å². The molecule has 1 saturated heterocycles. The average Bonchev–Trinajstić information content (AvgIpc) is 3.33. The number of ether oxygens (including phenoxy) is 1. The number of alkyl carbamates (subject to hydrolysis) is 1. The molecule has 36 heavy (non-hydrogen) atoms. The molecule has 3 aromatic carbocycles. The molecule has 3 aromatic rings. The smallest absolute Gasteiger partial charge is 0.445 e. The Balaban J connectivity index is 1.35. The summed E-state index contributed by atoms with van der Waals surface area (Å²) in [7, 11) is -0.574. The Labute approximate surface area is 213 Å². The van der Waals surface area contributed by atoms with E-state index in [-0.39, 0.29) is 13.2 Å². The van der Waals surface area contributed by atoms with Gasteiger partial charge in [-0.15, -0.1) is 0 Å². The van der Waals surface area contributed by atoms with E-state index in [2.05, 4.69) is 53.9 Å². The Bertz CT molecular complexity index is 1280. The van der Waals surface area contributed by atoms with Crippen molar-refractivity contribution in [3.63, 3.8) is 0 Å². The van der Waals surface area contributed by atoms with E-state index in [4.69, 9.17) is 14.0 Å². The molecular formula is C30H32BNO4. The van der Waals surface area contributed by atoms with Crippen LogP contribution in [0, 0.1) is 0 Å². The molecule has 1 aliphatic carbocycles. The number of carbonyl (C=O) groups is 1.